The van der Waals surface area contributed by atoms with Gasteiger partial charge in [0.05, 0.1) is 16.6 Å². The van der Waals surface area contributed by atoms with E-state index in [1.165, 1.54) is 98.1 Å². The fourth-order valence-electron chi connectivity index (χ4n) is 9.17. The van der Waals surface area contributed by atoms with E-state index in [1.54, 1.807) is 0 Å². The van der Waals surface area contributed by atoms with Crippen LogP contribution in [0.15, 0.2) is 194 Å². The largest absolute Gasteiger partial charge is 0.292 e. The molecule has 55 heavy (non-hydrogen) atoms. The molecule has 0 radical (unpaired) electrons. The molecule has 0 bridgehead atoms. The second-order valence-electron chi connectivity index (χ2n) is 14.7. The van der Waals surface area contributed by atoms with E-state index in [9.17, 15) is 0 Å². The third-order valence-corrected chi connectivity index (χ3v) is 11.7. The lowest BCUT2D eigenvalue weighted by atomic mass is 9.85. The van der Waals surface area contributed by atoms with Crippen molar-refractivity contribution in [2.45, 2.75) is 0 Å². The first-order valence-electron chi connectivity index (χ1n) is 19.0. The molecule has 0 atom stereocenters. The third kappa shape index (κ3) is 4.52. The molecule has 12 rings (SSSR count). The van der Waals surface area contributed by atoms with Gasteiger partial charge in [-0.15, -0.1) is 0 Å². The highest BCUT2D eigenvalue weighted by Crippen LogP contribution is 2.45. The Kier molecular flexibility index (Phi) is 6.37. The highest BCUT2D eigenvalue weighted by atomic mass is 15.0. The van der Waals surface area contributed by atoms with Gasteiger partial charge in [0.2, 0.25) is 0 Å². The number of imidazole rings is 1. The summed E-state index contributed by atoms with van der Waals surface area (Å²) in [5, 5.41) is 13.7. The van der Waals surface area contributed by atoms with Crippen LogP contribution in [0.5, 0.6) is 0 Å². The van der Waals surface area contributed by atoms with Gasteiger partial charge in [-0.1, -0.05) is 152 Å². The molecule has 2 aromatic heterocycles. The summed E-state index contributed by atoms with van der Waals surface area (Å²) >= 11 is 0. The van der Waals surface area contributed by atoms with Gasteiger partial charge in [0.15, 0.2) is 0 Å². The van der Waals surface area contributed by atoms with Gasteiger partial charge >= 0.3 is 0 Å². The summed E-state index contributed by atoms with van der Waals surface area (Å²) in [5.74, 6) is 0. The minimum Gasteiger partial charge on any atom is -0.292 e. The van der Waals surface area contributed by atoms with Crippen LogP contribution in [0.2, 0.25) is 0 Å². The van der Waals surface area contributed by atoms with Crippen molar-refractivity contribution in [1.82, 2.24) is 9.38 Å². The van der Waals surface area contributed by atoms with Crippen LogP contribution in [-0.2, 0) is 0 Å². The molecule has 0 N–H and O–H groups in total. The Balaban J connectivity index is 1.01. The number of aromatic nitrogens is 2. The molecule has 2 nitrogen and oxygen atoms in total. The van der Waals surface area contributed by atoms with Crippen molar-refractivity contribution in [3.63, 3.8) is 0 Å². The van der Waals surface area contributed by atoms with Crippen LogP contribution in [0.25, 0.3) is 115 Å². The molecule has 0 unspecified atom stereocenters. The van der Waals surface area contributed by atoms with Crippen molar-refractivity contribution in [2.75, 3.05) is 0 Å². The van der Waals surface area contributed by atoms with Crippen LogP contribution in [-0.4, -0.2) is 9.38 Å². The van der Waals surface area contributed by atoms with E-state index in [0.29, 0.717) is 0 Å². The second kappa shape index (κ2) is 11.6. The van der Waals surface area contributed by atoms with E-state index >= 15 is 0 Å². The van der Waals surface area contributed by atoms with Crippen LogP contribution in [0.1, 0.15) is 0 Å². The highest BCUT2D eigenvalue weighted by molar-refractivity contribution is 6.22. The van der Waals surface area contributed by atoms with E-state index in [4.69, 9.17) is 4.98 Å². The zero-order valence-corrected chi connectivity index (χ0v) is 29.9. The summed E-state index contributed by atoms with van der Waals surface area (Å²) in [6, 6.07) is 71.2. The highest BCUT2D eigenvalue weighted by Gasteiger charge is 2.18. The van der Waals surface area contributed by atoms with Gasteiger partial charge in [-0.05, 0) is 124 Å². The number of nitrogens with zero attached hydrogens (tertiary/aromatic N) is 2. The minimum atomic E-state index is 1.00. The lowest BCUT2D eigenvalue weighted by Crippen LogP contribution is -1.92. The first-order valence-corrected chi connectivity index (χ1v) is 19.0. The molecule has 254 valence electrons. The van der Waals surface area contributed by atoms with E-state index in [-0.39, 0.29) is 0 Å². The summed E-state index contributed by atoms with van der Waals surface area (Å²) in [6.07, 6.45) is 0. The third-order valence-electron chi connectivity index (χ3n) is 11.7. The summed E-state index contributed by atoms with van der Waals surface area (Å²) in [4.78, 5) is 5.06. The summed E-state index contributed by atoms with van der Waals surface area (Å²) in [5.41, 5.74) is 11.8. The van der Waals surface area contributed by atoms with E-state index in [0.717, 1.165) is 16.7 Å². The Labute approximate surface area is 317 Å². The Morgan fingerprint density at radius 1 is 0.291 bits per heavy atom. The molecule has 0 saturated heterocycles. The van der Waals surface area contributed by atoms with Gasteiger partial charge in [0.1, 0.15) is 5.65 Å². The number of hydrogen-bond acceptors (Lipinski definition) is 1. The quantitative estimate of drug-likeness (QED) is 0.133. The maximum atomic E-state index is 5.06. The van der Waals surface area contributed by atoms with Crippen LogP contribution < -0.4 is 0 Å². The topological polar surface area (TPSA) is 17.3 Å². The monoisotopic (exact) mass is 696 g/mol. The maximum Gasteiger partial charge on any atom is 0.146 e. The van der Waals surface area contributed by atoms with E-state index in [2.05, 4.69) is 199 Å². The lowest BCUT2D eigenvalue weighted by molar-refractivity contribution is 1.31. The Hall–Kier alpha value is -7.29. The molecule has 12 aromatic rings. The molecule has 0 spiro atoms. The van der Waals surface area contributed by atoms with Crippen molar-refractivity contribution in [1.29, 1.82) is 0 Å². The molecule has 10 aromatic carbocycles. The van der Waals surface area contributed by atoms with Gasteiger partial charge < -0.3 is 0 Å². The minimum absolute atomic E-state index is 1.00. The van der Waals surface area contributed by atoms with Crippen LogP contribution in [0.4, 0.5) is 0 Å². The molecular weight excluding hydrogens is 665 g/mol. The molecule has 0 amide bonds. The number of pyridine rings is 1. The van der Waals surface area contributed by atoms with Crippen LogP contribution in [0, 0.1) is 0 Å². The zero-order chi connectivity index (χ0) is 36.0. The van der Waals surface area contributed by atoms with Crippen molar-refractivity contribution < 1.29 is 0 Å². The Morgan fingerprint density at radius 3 is 1.42 bits per heavy atom. The summed E-state index contributed by atoms with van der Waals surface area (Å²) < 4.78 is 2.32. The summed E-state index contributed by atoms with van der Waals surface area (Å²) in [7, 11) is 0. The zero-order valence-electron chi connectivity index (χ0n) is 29.9. The van der Waals surface area contributed by atoms with E-state index in [1.807, 2.05) is 0 Å². The number of para-hydroxylation sites is 2. The van der Waals surface area contributed by atoms with Crippen LogP contribution >= 0.6 is 0 Å². The first kappa shape index (κ1) is 30.2. The fourth-order valence-corrected chi connectivity index (χ4v) is 9.17. The summed E-state index contributed by atoms with van der Waals surface area (Å²) in [6.45, 7) is 0. The molecule has 0 aliphatic carbocycles. The molecule has 0 saturated carbocycles. The number of benzene rings is 10. The number of hydrogen-bond donors (Lipinski definition) is 0. The van der Waals surface area contributed by atoms with E-state index < -0.39 is 0 Å². The normalized spacial score (nSPS) is 12.0. The second-order valence-corrected chi connectivity index (χ2v) is 14.7. The molecular formula is C53H32N2. The molecule has 0 aliphatic rings. The number of rotatable bonds is 3. The Bertz CT molecular complexity index is 3500. The maximum absolute atomic E-state index is 5.06. The van der Waals surface area contributed by atoms with Crippen molar-refractivity contribution in [3.8, 4) is 33.4 Å². The number of fused-ring (bicyclic) bond motifs is 12. The SMILES string of the molecule is c1ccc2cc(-c3c4ccccc4c(-c4ccc5cc(-c6ccc7c(c6)c6ccccc6c6nc8ccccc8n76)ccc5c4)c4ccccc34)ccc2c1. The molecule has 2 heteroatoms. The molecule has 2 heterocycles. The van der Waals surface area contributed by atoms with Gasteiger partial charge in [-0.25, -0.2) is 4.98 Å². The lowest BCUT2D eigenvalue weighted by Gasteiger charge is -2.18. The van der Waals surface area contributed by atoms with Crippen molar-refractivity contribution >= 4 is 81.4 Å². The fraction of sp³-hybridized carbons (Fsp3) is 0. The average Bonchev–Trinajstić information content (AvgIpc) is 3.65. The van der Waals surface area contributed by atoms with Crippen LogP contribution in [0.3, 0.4) is 0 Å². The van der Waals surface area contributed by atoms with Crippen molar-refractivity contribution in [3.05, 3.63) is 194 Å². The molecule has 0 fully saturated rings. The van der Waals surface area contributed by atoms with Gasteiger partial charge in [0.25, 0.3) is 0 Å². The van der Waals surface area contributed by atoms with Gasteiger partial charge in [-0.2, -0.15) is 0 Å². The van der Waals surface area contributed by atoms with Gasteiger partial charge in [0, 0.05) is 10.8 Å². The predicted octanol–water partition coefficient (Wildman–Crippen LogP) is 14.4. The molecule has 0 aliphatic heterocycles. The van der Waals surface area contributed by atoms with Crippen molar-refractivity contribution in [2.24, 2.45) is 0 Å². The van der Waals surface area contributed by atoms with Gasteiger partial charge in [-0.3, -0.25) is 4.40 Å². The smallest absolute Gasteiger partial charge is 0.146 e. The first-order chi connectivity index (χ1) is 27.3. The Morgan fingerprint density at radius 2 is 0.745 bits per heavy atom. The standard InChI is InChI=1S/C53H32N2/c1-2-12-34-30-39(25-21-33(34)11-1)51-42-14-4-6-16-44(42)52(45-17-7-5-15-43(45)51)40-26-24-35-29-36(22-23-37(35)31-40)38-27-28-49-47(32-38)41-13-3-8-18-46(41)53-54-48-19-9-10-20-50(48)55(49)53/h1-32H. The predicted molar refractivity (Wildman–Crippen MR) is 234 cm³/mol. The average molecular weight is 697 g/mol.